The third kappa shape index (κ3) is 3.19. The summed E-state index contributed by atoms with van der Waals surface area (Å²) in [6.07, 6.45) is 3.15. The Balaban J connectivity index is 1.56. The molecule has 0 saturated carbocycles. The number of hydrogen-bond donors (Lipinski definition) is 1. The van der Waals surface area contributed by atoms with Crippen LogP contribution in [0.5, 0.6) is 11.5 Å². The Morgan fingerprint density at radius 3 is 2.50 bits per heavy atom. The smallest absolute Gasteiger partial charge is 0.279 e. The van der Waals surface area contributed by atoms with Crippen molar-refractivity contribution in [2.75, 3.05) is 14.2 Å². The van der Waals surface area contributed by atoms with E-state index in [9.17, 15) is 9.59 Å². The van der Waals surface area contributed by atoms with Crippen LogP contribution in [-0.4, -0.2) is 35.9 Å². The van der Waals surface area contributed by atoms with E-state index in [0.29, 0.717) is 22.3 Å². The van der Waals surface area contributed by atoms with Crippen LogP contribution in [0.1, 0.15) is 11.1 Å². The van der Waals surface area contributed by atoms with Crippen LogP contribution >= 0.6 is 0 Å². The predicted octanol–water partition coefficient (Wildman–Crippen LogP) is 1.70. The maximum atomic E-state index is 12.9. The Kier molecular flexibility index (Phi) is 4.73. The maximum absolute atomic E-state index is 12.9. The van der Waals surface area contributed by atoms with Gasteiger partial charge in [0.1, 0.15) is 6.54 Å². The van der Waals surface area contributed by atoms with Crippen LogP contribution in [0.4, 0.5) is 0 Å². The van der Waals surface area contributed by atoms with Gasteiger partial charge in [0.15, 0.2) is 11.5 Å². The summed E-state index contributed by atoms with van der Waals surface area (Å²) in [5.41, 5.74) is 2.12. The summed E-state index contributed by atoms with van der Waals surface area (Å²) in [6.45, 7) is -0.151. The number of nitrogens with one attached hydrogen (secondary N) is 1. The van der Waals surface area contributed by atoms with Crippen molar-refractivity contribution in [3.63, 3.8) is 0 Å². The monoisotopic (exact) mass is 379 g/mol. The molecule has 0 atom stereocenters. The van der Waals surface area contributed by atoms with Crippen LogP contribution in [0.3, 0.4) is 0 Å². The molecule has 0 saturated heterocycles. The molecule has 7 nitrogen and oxygen atoms in total. The first-order valence-electron chi connectivity index (χ1n) is 9.07. The molecule has 0 bridgehead atoms. The van der Waals surface area contributed by atoms with E-state index in [4.69, 9.17) is 9.47 Å². The summed E-state index contributed by atoms with van der Waals surface area (Å²) in [7, 11) is 2.99. The van der Waals surface area contributed by atoms with Crippen molar-refractivity contribution < 1.29 is 14.3 Å². The zero-order valence-corrected chi connectivity index (χ0v) is 15.8. The van der Waals surface area contributed by atoms with Gasteiger partial charge in [0, 0.05) is 11.4 Å². The van der Waals surface area contributed by atoms with Gasteiger partial charge >= 0.3 is 0 Å². The third-order valence-corrected chi connectivity index (χ3v) is 5.07. The van der Waals surface area contributed by atoms with Crippen molar-refractivity contribution in [3.05, 3.63) is 64.1 Å². The zero-order valence-electron chi connectivity index (χ0n) is 15.8. The van der Waals surface area contributed by atoms with Gasteiger partial charge in [-0.3, -0.25) is 9.59 Å². The number of benzene rings is 2. The number of nitrogens with zero attached hydrogens (tertiary/aromatic N) is 2. The number of hydrogen-bond acceptors (Lipinski definition) is 5. The lowest BCUT2D eigenvalue weighted by Gasteiger charge is -2.14. The number of amides is 1. The van der Waals surface area contributed by atoms with Gasteiger partial charge in [-0.05, 0) is 36.1 Å². The number of rotatable bonds is 5. The molecule has 1 N–H and O–H groups in total. The molecule has 1 aromatic heterocycles. The van der Waals surface area contributed by atoms with Gasteiger partial charge in [0.2, 0.25) is 5.91 Å². The second-order valence-corrected chi connectivity index (χ2v) is 6.81. The highest BCUT2D eigenvalue weighted by atomic mass is 16.5. The van der Waals surface area contributed by atoms with Gasteiger partial charge in [0.25, 0.3) is 5.56 Å². The summed E-state index contributed by atoms with van der Waals surface area (Å²) >= 11 is 0. The molecule has 0 fully saturated rings. The van der Waals surface area contributed by atoms with Crippen LogP contribution in [0.2, 0.25) is 0 Å². The van der Waals surface area contributed by atoms with Crippen LogP contribution < -0.4 is 20.3 Å². The van der Waals surface area contributed by atoms with E-state index >= 15 is 0 Å². The van der Waals surface area contributed by atoms with Crippen molar-refractivity contribution in [1.29, 1.82) is 0 Å². The van der Waals surface area contributed by atoms with Gasteiger partial charge in [-0.1, -0.05) is 24.3 Å². The molecule has 0 unspecified atom stereocenters. The van der Waals surface area contributed by atoms with E-state index in [0.717, 1.165) is 17.5 Å². The second-order valence-electron chi connectivity index (χ2n) is 6.81. The quantitative estimate of drug-likeness (QED) is 0.730. The molecule has 7 heteroatoms. The molecule has 1 aliphatic rings. The van der Waals surface area contributed by atoms with Crippen LogP contribution in [0.15, 0.2) is 47.4 Å². The molecule has 144 valence electrons. The highest BCUT2D eigenvalue weighted by Crippen LogP contribution is 2.32. The normalized spacial score (nSPS) is 13.4. The Labute approximate surface area is 161 Å². The first kappa shape index (κ1) is 18.0. The van der Waals surface area contributed by atoms with E-state index in [2.05, 4.69) is 22.5 Å². The Morgan fingerprint density at radius 1 is 1.14 bits per heavy atom. The van der Waals surface area contributed by atoms with Crippen molar-refractivity contribution >= 4 is 16.7 Å². The zero-order chi connectivity index (χ0) is 19.7. The number of fused-ring (bicyclic) bond motifs is 2. The summed E-state index contributed by atoms with van der Waals surface area (Å²) < 4.78 is 11.8. The highest BCUT2D eigenvalue weighted by Gasteiger charge is 2.23. The van der Waals surface area contributed by atoms with Crippen molar-refractivity contribution in [3.8, 4) is 11.5 Å². The van der Waals surface area contributed by atoms with Gasteiger partial charge < -0.3 is 14.8 Å². The molecule has 3 aromatic rings. The fourth-order valence-electron chi connectivity index (χ4n) is 3.77. The SMILES string of the molecule is COc1ccc2cnn(CC(=O)NC3Cc4ccccc4C3)c(=O)c2c1OC. The fourth-order valence-corrected chi connectivity index (χ4v) is 3.77. The first-order chi connectivity index (χ1) is 13.6. The summed E-state index contributed by atoms with van der Waals surface area (Å²) in [5.74, 6) is 0.555. The number of carbonyl (C=O) groups is 1. The van der Waals surface area contributed by atoms with Crippen molar-refractivity contribution in [2.45, 2.75) is 25.4 Å². The van der Waals surface area contributed by atoms with Crippen LogP contribution in [0, 0.1) is 0 Å². The van der Waals surface area contributed by atoms with Gasteiger partial charge in [0.05, 0.1) is 25.8 Å². The minimum atomic E-state index is -0.391. The number of aromatic nitrogens is 2. The van der Waals surface area contributed by atoms with Gasteiger partial charge in [-0.25, -0.2) is 4.68 Å². The Bertz CT molecular complexity index is 1080. The largest absolute Gasteiger partial charge is 0.493 e. The van der Waals surface area contributed by atoms with Gasteiger partial charge in [-0.2, -0.15) is 5.10 Å². The maximum Gasteiger partial charge on any atom is 0.279 e. The van der Waals surface area contributed by atoms with E-state index < -0.39 is 5.56 Å². The van der Waals surface area contributed by atoms with E-state index in [1.54, 1.807) is 18.3 Å². The summed E-state index contributed by atoms with van der Waals surface area (Å²) in [6, 6.07) is 11.7. The van der Waals surface area contributed by atoms with Crippen molar-refractivity contribution in [1.82, 2.24) is 15.1 Å². The van der Waals surface area contributed by atoms with E-state index in [1.807, 2.05) is 12.1 Å². The molecule has 2 aromatic carbocycles. The molecule has 4 rings (SSSR count). The lowest BCUT2D eigenvalue weighted by molar-refractivity contribution is -0.122. The van der Waals surface area contributed by atoms with Crippen LogP contribution in [0.25, 0.3) is 10.8 Å². The van der Waals surface area contributed by atoms with E-state index in [1.165, 1.54) is 25.3 Å². The molecule has 1 aliphatic carbocycles. The topological polar surface area (TPSA) is 82.5 Å². The van der Waals surface area contributed by atoms with E-state index in [-0.39, 0.29) is 18.5 Å². The Hall–Kier alpha value is -3.35. The average molecular weight is 379 g/mol. The molecule has 0 spiro atoms. The molecule has 0 aliphatic heterocycles. The lowest BCUT2D eigenvalue weighted by Crippen LogP contribution is -2.40. The van der Waals surface area contributed by atoms with Crippen LogP contribution in [-0.2, 0) is 24.2 Å². The average Bonchev–Trinajstić information content (AvgIpc) is 3.11. The van der Waals surface area contributed by atoms with Crippen molar-refractivity contribution in [2.24, 2.45) is 0 Å². The number of ether oxygens (including phenoxy) is 2. The third-order valence-electron chi connectivity index (χ3n) is 5.07. The summed E-state index contributed by atoms with van der Waals surface area (Å²) in [4.78, 5) is 25.4. The first-order valence-corrected chi connectivity index (χ1v) is 9.07. The number of methoxy groups -OCH3 is 2. The molecule has 1 amide bonds. The summed E-state index contributed by atoms with van der Waals surface area (Å²) in [5, 5.41) is 8.12. The Morgan fingerprint density at radius 2 is 1.86 bits per heavy atom. The molecule has 28 heavy (non-hydrogen) atoms. The fraction of sp³-hybridized carbons (Fsp3) is 0.286. The standard InChI is InChI=1S/C21H21N3O4/c1-27-17-8-7-15-11-22-24(21(26)19(15)20(17)28-2)12-18(25)23-16-9-13-5-3-4-6-14(13)10-16/h3-8,11,16H,9-10,12H2,1-2H3,(H,23,25). The number of carbonyl (C=O) groups excluding carboxylic acids is 1. The molecule has 0 radical (unpaired) electrons. The lowest BCUT2D eigenvalue weighted by atomic mass is 10.1. The molecule has 1 heterocycles. The molecular weight excluding hydrogens is 358 g/mol. The molecular formula is C21H21N3O4. The minimum Gasteiger partial charge on any atom is -0.493 e. The predicted molar refractivity (Wildman–Crippen MR) is 105 cm³/mol. The highest BCUT2D eigenvalue weighted by molar-refractivity contribution is 5.89. The second kappa shape index (κ2) is 7.34. The minimum absolute atomic E-state index is 0.0377. The van der Waals surface area contributed by atoms with Gasteiger partial charge in [-0.15, -0.1) is 0 Å².